The molecular formula is C22H27N5O4. The molecule has 2 aliphatic heterocycles. The van der Waals surface area contributed by atoms with Crippen molar-refractivity contribution in [3.8, 4) is 5.75 Å². The van der Waals surface area contributed by atoms with Gasteiger partial charge in [-0.2, -0.15) is 4.98 Å². The topological polar surface area (TPSA) is 116 Å². The van der Waals surface area contributed by atoms with E-state index in [9.17, 15) is 14.4 Å². The normalized spacial score (nSPS) is 23.0. The van der Waals surface area contributed by atoms with E-state index in [-0.39, 0.29) is 23.7 Å². The van der Waals surface area contributed by atoms with E-state index in [4.69, 9.17) is 4.74 Å². The minimum absolute atomic E-state index is 0.129. The van der Waals surface area contributed by atoms with Gasteiger partial charge in [-0.1, -0.05) is 26.0 Å². The average Bonchev–Trinajstić information content (AvgIpc) is 2.72. The number of aromatic amines is 1. The van der Waals surface area contributed by atoms with Gasteiger partial charge < -0.3 is 20.3 Å². The number of piperidine rings is 1. The molecule has 2 aromatic rings. The summed E-state index contributed by atoms with van der Waals surface area (Å²) in [5.74, 6) is 0.260. The Balaban J connectivity index is 1.65. The molecule has 3 heterocycles. The molecule has 2 aliphatic rings. The third-order valence-electron chi connectivity index (χ3n) is 5.79. The number of hydrogen-bond donors (Lipinski definition) is 3. The molecule has 31 heavy (non-hydrogen) atoms. The van der Waals surface area contributed by atoms with Crippen LogP contribution in [0, 0.1) is 11.8 Å². The van der Waals surface area contributed by atoms with Gasteiger partial charge in [-0.05, 0) is 30.4 Å². The largest absolute Gasteiger partial charge is 0.495 e. The zero-order chi connectivity index (χ0) is 22.1. The zero-order valence-corrected chi connectivity index (χ0v) is 17.9. The van der Waals surface area contributed by atoms with Gasteiger partial charge in [-0.15, -0.1) is 0 Å². The number of aromatic nitrogens is 2. The highest BCUT2D eigenvalue weighted by atomic mass is 16.5. The second kappa shape index (κ2) is 8.41. The maximum Gasteiger partial charge on any atom is 0.258 e. The molecule has 0 bridgehead atoms. The van der Waals surface area contributed by atoms with Crippen molar-refractivity contribution >= 4 is 29.3 Å². The predicted octanol–water partition coefficient (Wildman–Crippen LogP) is 2.33. The van der Waals surface area contributed by atoms with Crippen LogP contribution in [-0.2, 0) is 9.59 Å². The lowest BCUT2D eigenvalue weighted by molar-refractivity contribution is -0.123. The number of carbonyl (C=O) groups excluding carboxylic acids is 2. The van der Waals surface area contributed by atoms with E-state index in [0.29, 0.717) is 29.2 Å². The number of para-hydroxylation sites is 2. The number of amides is 2. The molecule has 9 nitrogen and oxygen atoms in total. The van der Waals surface area contributed by atoms with Crippen molar-refractivity contribution in [1.82, 2.24) is 9.97 Å². The van der Waals surface area contributed by atoms with E-state index in [2.05, 4.69) is 34.4 Å². The van der Waals surface area contributed by atoms with Gasteiger partial charge in [0.25, 0.3) is 5.56 Å². The Morgan fingerprint density at radius 1 is 1.19 bits per heavy atom. The number of rotatable bonds is 4. The van der Waals surface area contributed by atoms with Crippen LogP contribution >= 0.6 is 0 Å². The fourth-order valence-electron chi connectivity index (χ4n) is 4.54. The summed E-state index contributed by atoms with van der Waals surface area (Å²) in [6.07, 6.45) is 0.990. The molecular weight excluding hydrogens is 398 g/mol. The van der Waals surface area contributed by atoms with Gasteiger partial charge >= 0.3 is 0 Å². The number of methoxy groups -OCH3 is 1. The van der Waals surface area contributed by atoms with Crippen molar-refractivity contribution in [2.24, 2.45) is 11.8 Å². The van der Waals surface area contributed by atoms with Crippen molar-refractivity contribution in [2.45, 2.75) is 32.6 Å². The van der Waals surface area contributed by atoms with Gasteiger partial charge in [0.05, 0.1) is 24.3 Å². The van der Waals surface area contributed by atoms with E-state index < -0.39 is 17.4 Å². The third kappa shape index (κ3) is 4.26. The molecule has 0 saturated carbocycles. The summed E-state index contributed by atoms with van der Waals surface area (Å²) in [5, 5.41) is 5.45. The Bertz CT molecular complexity index is 1060. The molecule has 9 heteroatoms. The molecule has 3 N–H and O–H groups in total. The van der Waals surface area contributed by atoms with Crippen molar-refractivity contribution < 1.29 is 14.3 Å². The van der Waals surface area contributed by atoms with Gasteiger partial charge in [-0.3, -0.25) is 19.4 Å². The maximum absolute atomic E-state index is 13.0. The fourth-order valence-corrected chi connectivity index (χ4v) is 4.54. The van der Waals surface area contributed by atoms with Crippen molar-refractivity contribution in [3.63, 3.8) is 0 Å². The monoisotopic (exact) mass is 425 g/mol. The highest BCUT2D eigenvalue weighted by Crippen LogP contribution is 2.32. The fraction of sp³-hybridized carbons (Fsp3) is 0.455. The smallest absolute Gasteiger partial charge is 0.258 e. The Hall–Kier alpha value is -3.36. The quantitative estimate of drug-likeness (QED) is 0.692. The summed E-state index contributed by atoms with van der Waals surface area (Å²) >= 11 is 0. The first-order chi connectivity index (χ1) is 14.9. The zero-order valence-electron chi connectivity index (χ0n) is 17.9. The molecule has 4 rings (SSSR count). The lowest BCUT2D eigenvalue weighted by Crippen LogP contribution is -2.42. The Labute approximate surface area is 180 Å². The molecule has 0 radical (unpaired) electrons. The molecule has 1 aromatic heterocycles. The van der Waals surface area contributed by atoms with E-state index in [0.717, 1.165) is 19.5 Å². The molecule has 1 fully saturated rings. The van der Waals surface area contributed by atoms with Crippen molar-refractivity contribution in [1.29, 1.82) is 0 Å². The number of benzene rings is 1. The summed E-state index contributed by atoms with van der Waals surface area (Å²) in [4.78, 5) is 47.8. The number of hydrogen-bond acceptors (Lipinski definition) is 6. The van der Waals surface area contributed by atoms with Crippen LogP contribution in [0.25, 0.3) is 0 Å². The second-order valence-corrected chi connectivity index (χ2v) is 8.50. The summed E-state index contributed by atoms with van der Waals surface area (Å²) in [6.45, 7) is 5.88. The van der Waals surface area contributed by atoms with Crippen molar-refractivity contribution in [2.75, 3.05) is 35.7 Å². The number of nitrogens with zero attached hydrogens (tertiary/aromatic N) is 2. The van der Waals surface area contributed by atoms with Crippen molar-refractivity contribution in [3.05, 3.63) is 40.2 Å². The maximum atomic E-state index is 13.0. The van der Waals surface area contributed by atoms with E-state index >= 15 is 0 Å². The van der Waals surface area contributed by atoms with Gasteiger partial charge in [0, 0.05) is 19.5 Å². The highest BCUT2D eigenvalue weighted by Gasteiger charge is 2.36. The molecule has 3 atom stereocenters. The predicted molar refractivity (Wildman–Crippen MR) is 118 cm³/mol. The highest BCUT2D eigenvalue weighted by molar-refractivity contribution is 6.04. The summed E-state index contributed by atoms with van der Waals surface area (Å²) < 4.78 is 5.27. The van der Waals surface area contributed by atoms with Gasteiger partial charge in [-0.25, -0.2) is 0 Å². The van der Waals surface area contributed by atoms with Gasteiger partial charge in [0.1, 0.15) is 11.6 Å². The van der Waals surface area contributed by atoms with E-state index in [1.165, 1.54) is 7.11 Å². The molecule has 0 aliphatic carbocycles. The van der Waals surface area contributed by atoms with Crippen LogP contribution in [0.3, 0.4) is 0 Å². The van der Waals surface area contributed by atoms with E-state index in [1.54, 1.807) is 24.3 Å². The lowest BCUT2D eigenvalue weighted by atomic mass is 9.91. The average molecular weight is 425 g/mol. The number of anilines is 3. The summed E-state index contributed by atoms with van der Waals surface area (Å²) in [7, 11) is 1.51. The summed E-state index contributed by atoms with van der Waals surface area (Å²) in [6, 6.07) is 6.97. The van der Waals surface area contributed by atoms with Crippen LogP contribution < -0.4 is 25.8 Å². The molecule has 1 saturated heterocycles. The minimum Gasteiger partial charge on any atom is -0.495 e. The Morgan fingerprint density at radius 2 is 1.90 bits per heavy atom. The SMILES string of the molecule is COc1ccccc1NC(=O)C1CC(=O)Nc2nc(N3CC(C)CC(C)C3)[nH]c(=O)c21. The lowest BCUT2D eigenvalue weighted by Gasteiger charge is -2.35. The minimum atomic E-state index is -0.946. The second-order valence-electron chi connectivity index (χ2n) is 8.50. The number of fused-ring (bicyclic) bond motifs is 1. The van der Waals surface area contributed by atoms with E-state index in [1.807, 2.05) is 4.90 Å². The van der Waals surface area contributed by atoms with Gasteiger partial charge in [0.2, 0.25) is 17.8 Å². The van der Waals surface area contributed by atoms with Crippen LogP contribution in [0.5, 0.6) is 5.75 Å². The van der Waals surface area contributed by atoms with Crippen LogP contribution in [0.15, 0.2) is 29.1 Å². The number of ether oxygens (including phenoxy) is 1. The number of H-pyrrole nitrogens is 1. The number of nitrogens with one attached hydrogen (secondary N) is 3. The molecule has 3 unspecified atom stereocenters. The standard InChI is InChI=1S/C22H27N5O4/c1-12-8-13(2)11-27(10-12)22-25-19-18(21(30)26-22)14(9-17(28)24-19)20(29)23-15-6-4-5-7-16(15)31-3/h4-7,12-14H,8-11H2,1-3H3,(H,23,29)(H2,24,25,26,28,30). The molecule has 0 spiro atoms. The molecule has 2 amide bonds. The third-order valence-corrected chi connectivity index (χ3v) is 5.79. The molecule has 1 aromatic carbocycles. The van der Waals surface area contributed by atoms with Crippen LogP contribution in [0.2, 0.25) is 0 Å². The first-order valence-corrected chi connectivity index (χ1v) is 10.5. The van der Waals surface area contributed by atoms with Gasteiger partial charge in [0.15, 0.2) is 0 Å². The Morgan fingerprint density at radius 3 is 2.61 bits per heavy atom. The Kier molecular flexibility index (Phi) is 5.67. The van der Waals surface area contributed by atoms with Crippen LogP contribution in [0.1, 0.15) is 38.2 Å². The number of carbonyl (C=O) groups is 2. The van der Waals surface area contributed by atoms with Crippen LogP contribution in [-0.4, -0.2) is 42.0 Å². The first kappa shape index (κ1) is 20.9. The molecule has 164 valence electrons. The first-order valence-electron chi connectivity index (χ1n) is 10.5. The van der Waals surface area contributed by atoms with Crippen LogP contribution in [0.4, 0.5) is 17.5 Å². The summed E-state index contributed by atoms with van der Waals surface area (Å²) in [5.41, 5.74) is 0.236.